The number of unbranched alkanes of at least 4 members (excludes halogenated alkanes) is 7. The number of aliphatic hydroxyl groups excluding tert-OH is 1. The van der Waals surface area contributed by atoms with E-state index in [1.807, 2.05) is 0 Å². The fourth-order valence-corrected chi connectivity index (χ4v) is 1.78. The van der Waals surface area contributed by atoms with Crippen LogP contribution in [0.1, 0.15) is 64.7 Å². The first-order chi connectivity index (χ1) is 7.72. The molecule has 0 aromatic rings. The first kappa shape index (κ1) is 15.4. The maximum atomic E-state index is 10.4. The van der Waals surface area contributed by atoms with Crippen LogP contribution in [0.3, 0.4) is 0 Å². The van der Waals surface area contributed by atoms with E-state index in [4.69, 9.17) is 5.11 Å². The average molecular weight is 231 g/mol. The molecule has 0 rings (SSSR count). The van der Waals surface area contributed by atoms with Crippen LogP contribution in [-0.2, 0) is 0 Å². The first-order valence-corrected chi connectivity index (χ1v) is 6.46. The number of hydrogen-bond acceptors (Lipinski definition) is 3. The number of aliphatic hydroxyl groups is 1. The van der Waals surface area contributed by atoms with Crippen molar-refractivity contribution in [2.75, 3.05) is 6.61 Å². The molecule has 0 aromatic heterocycles. The van der Waals surface area contributed by atoms with Crippen molar-refractivity contribution in [3.05, 3.63) is 10.1 Å². The zero-order valence-electron chi connectivity index (χ0n) is 10.4. The van der Waals surface area contributed by atoms with Gasteiger partial charge in [0.15, 0.2) is 0 Å². The van der Waals surface area contributed by atoms with Gasteiger partial charge in [-0.15, -0.1) is 0 Å². The Morgan fingerprint density at radius 2 is 1.56 bits per heavy atom. The van der Waals surface area contributed by atoms with Gasteiger partial charge in [-0.3, -0.25) is 10.1 Å². The Kier molecular flexibility index (Phi) is 10.4. The van der Waals surface area contributed by atoms with Gasteiger partial charge in [-0.25, -0.2) is 0 Å². The van der Waals surface area contributed by atoms with Gasteiger partial charge in [0, 0.05) is 11.3 Å². The van der Waals surface area contributed by atoms with Crippen molar-refractivity contribution < 1.29 is 10.0 Å². The quantitative estimate of drug-likeness (QED) is 0.337. The summed E-state index contributed by atoms with van der Waals surface area (Å²) in [6, 6.07) is -0.750. The zero-order chi connectivity index (χ0) is 12.2. The van der Waals surface area contributed by atoms with E-state index in [0.717, 1.165) is 12.8 Å². The van der Waals surface area contributed by atoms with Crippen molar-refractivity contribution in [3.8, 4) is 0 Å². The van der Waals surface area contributed by atoms with Gasteiger partial charge in [-0.05, 0) is 6.42 Å². The third kappa shape index (κ3) is 8.65. The zero-order valence-corrected chi connectivity index (χ0v) is 10.4. The molecule has 16 heavy (non-hydrogen) atoms. The van der Waals surface area contributed by atoms with E-state index in [1.165, 1.54) is 38.5 Å². The maximum Gasteiger partial charge on any atom is 0.235 e. The van der Waals surface area contributed by atoms with Gasteiger partial charge in [-0.1, -0.05) is 51.9 Å². The maximum absolute atomic E-state index is 10.4. The molecular weight excluding hydrogens is 206 g/mol. The standard InChI is InChI=1S/C12H25NO3/c1-2-3-4-5-6-7-8-9-10-12(11-14)13(15)16/h12,14H,2-11H2,1H3. The predicted molar refractivity (Wildman–Crippen MR) is 65.1 cm³/mol. The molecule has 4 nitrogen and oxygen atoms in total. The van der Waals surface area contributed by atoms with Crippen molar-refractivity contribution in [2.24, 2.45) is 0 Å². The Morgan fingerprint density at radius 3 is 2.00 bits per heavy atom. The van der Waals surface area contributed by atoms with Gasteiger partial charge in [0.05, 0.1) is 0 Å². The highest BCUT2D eigenvalue weighted by molar-refractivity contribution is 4.55. The van der Waals surface area contributed by atoms with Crippen LogP contribution in [-0.4, -0.2) is 22.7 Å². The Balaban J connectivity index is 3.22. The van der Waals surface area contributed by atoms with Gasteiger partial charge >= 0.3 is 0 Å². The molecule has 0 aliphatic carbocycles. The van der Waals surface area contributed by atoms with Crippen LogP contribution in [0.15, 0.2) is 0 Å². The molecule has 0 saturated carbocycles. The topological polar surface area (TPSA) is 63.4 Å². The van der Waals surface area contributed by atoms with Gasteiger partial charge in [0.25, 0.3) is 0 Å². The minimum Gasteiger partial charge on any atom is -0.389 e. The molecule has 0 aliphatic rings. The molecule has 1 atom stereocenters. The molecule has 0 fully saturated rings. The van der Waals surface area contributed by atoms with Crippen molar-refractivity contribution in [2.45, 2.75) is 70.8 Å². The number of nitro groups is 1. The predicted octanol–water partition coefficient (Wildman–Crippen LogP) is 3.15. The summed E-state index contributed by atoms with van der Waals surface area (Å²) >= 11 is 0. The normalized spacial score (nSPS) is 12.6. The summed E-state index contributed by atoms with van der Waals surface area (Å²) in [6.07, 6.45) is 10.0. The van der Waals surface area contributed by atoms with E-state index in [0.29, 0.717) is 6.42 Å². The third-order valence-electron chi connectivity index (χ3n) is 2.90. The SMILES string of the molecule is CCCCCCCCCCC(CO)[N+](=O)[O-]. The summed E-state index contributed by atoms with van der Waals surface area (Å²) in [5, 5.41) is 19.2. The van der Waals surface area contributed by atoms with E-state index in [1.54, 1.807) is 0 Å². The van der Waals surface area contributed by atoms with E-state index in [-0.39, 0.29) is 11.5 Å². The molecule has 0 aromatic carbocycles. The summed E-state index contributed by atoms with van der Waals surface area (Å²) < 4.78 is 0. The smallest absolute Gasteiger partial charge is 0.235 e. The Hall–Kier alpha value is -0.640. The fraction of sp³-hybridized carbons (Fsp3) is 1.00. The van der Waals surface area contributed by atoms with Gasteiger partial charge in [0.1, 0.15) is 6.61 Å². The Morgan fingerprint density at radius 1 is 1.06 bits per heavy atom. The van der Waals surface area contributed by atoms with Crippen molar-refractivity contribution in [3.63, 3.8) is 0 Å². The average Bonchev–Trinajstić information content (AvgIpc) is 2.26. The molecule has 0 saturated heterocycles. The molecule has 0 spiro atoms. The Bertz CT molecular complexity index is 174. The highest BCUT2D eigenvalue weighted by Gasteiger charge is 2.17. The summed E-state index contributed by atoms with van der Waals surface area (Å²) in [6.45, 7) is 1.87. The summed E-state index contributed by atoms with van der Waals surface area (Å²) in [7, 11) is 0. The van der Waals surface area contributed by atoms with E-state index in [9.17, 15) is 10.1 Å². The van der Waals surface area contributed by atoms with Crippen LogP contribution in [0.2, 0.25) is 0 Å². The minimum absolute atomic E-state index is 0.330. The van der Waals surface area contributed by atoms with E-state index >= 15 is 0 Å². The van der Waals surface area contributed by atoms with Crippen LogP contribution in [0.25, 0.3) is 0 Å². The third-order valence-corrected chi connectivity index (χ3v) is 2.90. The van der Waals surface area contributed by atoms with Crippen molar-refractivity contribution in [1.82, 2.24) is 0 Å². The minimum atomic E-state index is -0.750. The summed E-state index contributed by atoms with van der Waals surface area (Å²) in [5.74, 6) is 0. The number of hydrogen-bond donors (Lipinski definition) is 1. The summed E-state index contributed by atoms with van der Waals surface area (Å²) in [4.78, 5) is 10.0. The molecule has 0 bridgehead atoms. The monoisotopic (exact) mass is 231 g/mol. The lowest BCUT2D eigenvalue weighted by Gasteiger charge is -2.05. The molecule has 4 heteroatoms. The van der Waals surface area contributed by atoms with Crippen LogP contribution in [0.4, 0.5) is 0 Å². The highest BCUT2D eigenvalue weighted by atomic mass is 16.6. The second-order valence-electron chi connectivity index (χ2n) is 4.39. The molecular formula is C12H25NO3. The van der Waals surface area contributed by atoms with Crippen LogP contribution < -0.4 is 0 Å². The molecule has 1 unspecified atom stereocenters. The largest absolute Gasteiger partial charge is 0.389 e. The molecule has 0 amide bonds. The first-order valence-electron chi connectivity index (χ1n) is 6.46. The Labute approximate surface area is 98.2 Å². The molecule has 0 heterocycles. The van der Waals surface area contributed by atoms with Gasteiger partial charge < -0.3 is 5.11 Å². The fourth-order valence-electron chi connectivity index (χ4n) is 1.78. The van der Waals surface area contributed by atoms with Crippen molar-refractivity contribution in [1.29, 1.82) is 0 Å². The van der Waals surface area contributed by atoms with Gasteiger partial charge in [0.2, 0.25) is 6.04 Å². The highest BCUT2D eigenvalue weighted by Crippen LogP contribution is 2.11. The summed E-state index contributed by atoms with van der Waals surface area (Å²) in [5.41, 5.74) is 0. The number of nitrogens with zero attached hydrogens (tertiary/aromatic N) is 1. The van der Waals surface area contributed by atoms with Crippen LogP contribution in [0, 0.1) is 10.1 Å². The number of rotatable bonds is 11. The van der Waals surface area contributed by atoms with Crippen LogP contribution in [0.5, 0.6) is 0 Å². The molecule has 96 valence electrons. The lowest BCUT2D eigenvalue weighted by Crippen LogP contribution is -2.23. The van der Waals surface area contributed by atoms with Gasteiger partial charge in [-0.2, -0.15) is 0 Å². The lowest BCUT2D eigenvalue weighted by molar-refractivity contribution is -0.526. The molecule has 1 N–H and O–H groups in total. The van der Waals surface area contributed by atoms with Crippen molar-refractivity contribution >= 4 is 0 Å². The second-order valence-corrected chi connectivity index (χ2v) is 4.39. The second kappa shape index (κ2) is 10.9. The lowest BCUT2D eigenvalue weighted by atomic mass is 10.1. The van der Waals surface area contributed by atoms with Crippen LogP contribution >= 0.6 is 0 Å². The molecule has 0 aliphatic heterocycles. The van der Waals surface area contributed by atoms with E-state index < -0.39 is 6.04 Å². The molecule has 0 radical (unpaired) electrons. The van der Waals surface area contributed by atoms with E-state index in [2.05, 4.69) is 6.92 Å².